The summed E-state index contributed by atoms with van der Waals surface area (Å²) >= 11 is 0. The summed E-state index contributed by atoms with van der Waals surface area (Å²) in [7, 11) is -0.398. The van der Waals surface area contributed by atoms with Crippen LogP contribution >= 0.6 is 25.1 Å². The highest BCUT2D eigenvalue weighted by Gasteiger charge is 1.84. The van der Waals surface area contributed by atoms with Gasteiger partial charge in [0, 0.05) is 0 Å². The Bertz CT molecular complexity index is 146. The lowest BCUT2D eigenvalue weighted by Gasteiger charge is -1.86. The molecule has 1 N–H and O–H groups in total. The van der Waals surface area contributed by atoms with Crippen molar-refractivity contribution >= 4 is 25.1 Å². The van der Waals surface area contributed by atoms with Gasteiger partial charge in [0.25, 0.3) is 0 Å². The number of rotatable bonds is 0. The molecular weight excluding hydrogens is 151 g/mol. The van der Waals surface area contributed by atoms with E-state index in [0.29, 0.717) is 17.0 Å². The fourth-order valence-corrected chi connectivity index (χ4v) is 2.50. The Morgan fingerprint density at radius 3 is 2.57 bits per heavy atom. The molecule has 0 fully saturated rings. The SMILES string of the molecule is O[PH]1=NP=NP=N1. The summed E-state index contributed by atoms with van der Waals surface area (Å²) in [5, 5.41) is 0. The number of hydrogen-bond acceptors (Lipinski definition) is 3. The van der Waals surface area contributed by atoms with Gasteiger partial charge in [-0.1, -0.05) is 0 Å². The Morgan fingerprint density at radius 2 is 2.29 bits per heavy atom. The van der Waals surface area contributed by atoms with Gasteiger partial charge in [0.15, 0.2) is 25.1 Å². The molecule has 0 spiro atoms. The second-order valence-electron chi connectivity index (χ2n) is 0.768. The minimum Gasteiger partial charge on any atom is -0.345 e. The van der Waals surface area contributed by atoms with Crippen molar-refractivity contribution in [2.24, 2.45) is 13.5 Å². The maximum atomic E-state index is 8.60. The lowest BCUT2D eigenvalue weighted by Crippen LogP contribution is -1.41. The molecule has 4 nitrogen and oxygen atoms in total. The van der Waals surface area contributed by atoms with E-state index < -0.39 is 8.09 Å². The molecule has 1 aliphatic rings. The molecule has 0 saturated carbocycles. The third-order valence-electron chi connectivity index (χ3n) is 0.348. The van der Waals surface area contributed by atoms with Crippen LogP contribution in [0.1, 0.15) is 0 Å². The van der Waals surface area contributed by atoms with E-state index in [4.69, 9.17) is 4.89 Å². The van der Waals surface area contributed by atoms with Gasteiger partial charge in [-0.3, -0.25) is 0 Å². The average molecular weight is 153 g/mol. The highest BCUT2D eigenvalue weighted by atomic mass is 31.2. The smallest absolute Gasteiger partial charge is 0.197 e. The summed E-state index contributed by atoms with van der Waals surface area (Å²) in [5.41, 5.74) is 0. The van der Waals surface area contributed by atoms with Crippen molar-refractivity contribution in [2.75, 3.05) is 0 Å². The Hall–Kier alpha value is 0.390. The molecule has 7 heavy (non-hydrogen) atoms. The van der Waals surface area contributed by atoms with Gasteiger partial charge in [0.1, 0.15) is 0 Å². The van der Waals surface area contributed by atoms with Gasteiger partial charge in [0.2, 0.25) is 0 Å². The first-order chi connectivity index (χ1) is 3.39. The molecule has 0 bridgehead atoms. The fourth-order valence-electron chi connectivity index (χ4n) is 0.158. The topological polar surface area (TPSA) is 57.3 Å². The van der Waals surface area contributed by atoms with Crippen LogP contribution in [0.2, 0.25) is 0 Å². The monoisotopic (exact) mass is 153 g/mol. The number of nitrogens with zero attached hydrogens (tertiary/aromatic N) is 3. The van der Waals surface area contributed by atoms with Gasteiger partial charge in [0.05, 0.1) is 0 Å². The molecular formula is H2N3OP3. The predicted octanol–water partition coefficient (Wildman–Crippen LogP) is 2.31. The zero-order valence-corrected chi connectivity index (χ0v) is 5.97. The molecule has 0 radical (unpaired) electrons. The summed E-state index contributed by atoms with van der Waals surface area (Å²) in [6.07, 6.45) is 0. The first-order valence-corrected chi connectivity index (χ1v) is 4.41. The predicted molar refractivity (Wildman–Crippen MR) is 31.7 cm³/mol. The molecule has 0 amide bonds. The normalized spacial score (nSPS) is 31.9. The third kappa shape index (κ3) is 1.75. The molecule has 0 aromatic rings. The molecule has 1 rings (SSSR count). The first-order valence-electron chi connectivity index (χ1n) is 1.47. The summed E-state index contributed by atoms with van der Waals surface area (Å²) < 4.78 is 10.9. The van der Waals surface area contributed by atoms with Crippen LogP contribution < -0.4 is 0 Å². The quantitative estimate of drug-likeness (QED) is 0.533. The highest BCUT2D eigenvalue weighted by molar-refractivity contribution is 7.55. The fraction of sp³-hybridized carbons (Fsp3) is 0. The Balaban J connectivity index is 2.82. The van der Waals surface area contributed by atoms with E-state index in [2.05, 4.69) is 13.5 Å². The third-order valence-corrected chi connectivity index (χ3v) is 3.13. The standard InChI is InChI=1S/H2N3OP3/c4-7-2-5-1-6-3-7/h7H,(H,1,2,3,4). The van der Waals surface area contributed by atoms with Crippen LogP contribution in [0.15, 0.2) is 13.5 Å². The van der Waals surface area contributed by atoms with Crippen LogP contribution in [-0.4, -0.2) is 4.89 Å². The lowest BCUT2D eigenvalue weighted by atomic mass is 13.8. The Morgan fingerprint density at radius 1 is 1.43 bits per heavy atom. The second-order valence-corrected chi connectivity index (χ2v) is 4.04. The van der Waals surface area contributed by atoms with Crippen LogP contribution in [0.4, 0.5) is 0 Å². The summed E-state index contributed by atoms with van der Waals surface area (Å²) in [6, 6.07) is 0. The van der Waals surface area contributed by atoms with Crippen LogP contribution in [0.3, 0.4) is 0 Å². The van der Waals surface area contributed by atoms with Crippen molar-refractivity contribution < 1.29 is 4.89 Å². The Kier molecular flexibility index (Phi) is 2.08. The number of hydrogen-bond donors (Lipinski definition) is 1. The molecule has 0 aliphatic carbocycles. The van der Waals surface area contributed by atoms with Crippen LogP contribution in [0, 0.1) is 0 Å². The molecule has 0 saturated heterocycles. The molecule has 1 unspecified atom stereocenters. The van der Waals surface area contributed by atoms with Gasteiger partial charge in [-0.05, 0) is 0 Å². The largest absolute Gasteiger partial charge is 0.345 e. The van der Waals surface area contributed by atoms with E-state index in [9.17, 15) is 0 Å². The van der Waals surface area contributed by atoms with E-state index in [1.165, 1.54) is 0 Å². The van der Waals surface area contributed by atoms with Crippen LogP contribution in [0.25, 0.3) is 0 Å². The maximum absolute atomic E-state index is 8.60. The average Bonchev–Trinajstić information content (AvgIpc) is 1.69. The van der Waals surface area contributed by atoms with Crippen molar-refractivity contribution in [3.05, 3.63) is 0 Å². The van der Waals surface area contributed by atoms with Gasteiger partial charge in [-0.25, -0.2) is 0 Å². The minimum absolute atomic E-state index is 0.632. The lowest BCUT2D eigenvalue weighted by molar-refractivity contribution is 0.638. The second kappa shape index (κ2) is 2.64. The van der Waals surface area contributed by atoms with Crippen LogP contribution in [0.5, 0.6) is 0 Å². The van der Waals surface area contributed by atoms with E-state index in [0.717, 1.165) is 0 Å². The highest BCUT2D eigenvalue weighted by Crippen LogP contribution is 2.36. The minimum atomic E-state index is -1.66. The summed E-state index contributed by atoms with van der Waals surface area (Å²) in [6.45, 7) is 0. The molecule has 7 heteroatoms. The van der Waals surface area contributed by atoms with E-state index in [1.54, 1.807) is 0 Å². The van der Waals surface area contributed by atoms with Gasteiger partial charge in [-0.15, -0.1) is 0 Å². The molecule has 38 valence electrons. The first kappa shape index (κ1) is 5.53. The van der Waals surface area contributed by atoms with Crippen molar-refractivity contribution in [1.29, 1.82) is 0 Å². The van der Waals surface area contributed by atoms with Crippen molar-refractivity contribution in [3.8, 4) is 0 Å². The molecule has 0 aromatic heterocycles. The summed E-state index contributed by atoms with van der Waals surface area (Å²) in [4.78, 5) is 8.60. The molecule has 1 heterocycles. The zero-order valence-electron chi connectivity index (χ0n) is 3.18. The molecule has 0 aromatic carbocycles. The van der Waals surface area contributed by atoms with Crippen molar-refractivity contribution in [1.82, 2.24) is 0 Å². The van der Waals surface area contributed by atoms with Gasteiger partial charge < -0.3 is 4.89 Å². The summed E-state index contributed by atoms with van der Waals surface area (Å²) in [5.74, 6) is 0. The van der Waals surface area contributed by atoms with E-state index in [1.807, 2.05) is 0 Å². The van der Waals surface area contributed by atoms with Crippen LogP contribution in [-0.2, 0) is 0 Å². The van der Waals surface area contributed by atoms with Gasteiger partial charge in [-0.2, -0.15) is 13.5 Å². The van der Waals surface area contributed by atoms with Gasteiger partial charge >= 0.3 is 0 Å². The molecule has 1 aliphatic heterocycles. The van der Waals surface area contributed by atoms with Crippen molar-refractivity contribution in [3.63, 3.8) is 0 Å². The van der Waals surface area contributed by atoms with E-state index in [-0.39, 0.29) is 0 Å². The Labute approximate surface area is 44.5 Å². The van der Waals surface area contributed by atoms with E-state index >= 15 is 0 Å². The van der Waals surface area contributed by atoms with Crippen molar-refractivity contribution in [2.45, 2.75) is 0 Å². The molecule has 1 atom stereocenters. The zero-order chi connectivity index (χ0) is 5.11. The maximum Gasteiger partial charge on any atom is 0.197 e.